The summed E-state index contributed by atoms with van der Waals surface area (Å²) in [5, 5.41) is 6.50. The molecule has 0 aliphatic carbocycles. The first-order chi connectivity index (χ1) is 13.7. The van der Waals surface area contributed by atoms with Gasteiger partial charge in [-0.15, -0.1) is 0 Å². The van der Waals surface area contributed by atoms with E-state index in [9.17, 15) is 0 Å². The third-order valence-corrected chi connectivity index (χ3v) is 4.18. The first-order valence-electron chi connectivity index (χ1n) is 9.41. The zero-order chi connectivity index (χ0) is 19.8. The smallest absolute Gasteiger partial charge is 0.214 e. The van der Waals surface area contributed by atoms with Crippen molar-refractivity contribution in [2.24, 2.45) is 4.99 Å². The highest BCUT2D eigenvalue weighted by molar-refractivity contribution is 5.79. The highest BCUT2D eigenvalue weighted by Gasteiger charge is 2.08. The monoisotopic (exact) mass is 378 g/mol. The van der Waals surface area contributed by atoms with Crippen LogP contribution in [0, 0.1) is 13.8 Å². The number of oxazole rings is 1. The van der Waals surface area contributed by atoms with Gasteiger partial charge in [-0.05, 0) is 39.0 Å². The average Bonchev–Trinajstić information content (AvgIpc) is 3.03. The zero-order valence-corrected chi connectivity index (χ0v) is 16.5. The highest BCUT2D eigenvalue weighted by Crippen LogP contribution is 2.25. The summed E-state index contributed by atoms with van der Waals surface area (Å²) in [6.07, 6.45) is 0. The molecule has 0 fully saturated rings. The minimum atomic E-state index is 0.475. The highest BCUT2D eigenvalue weighted by atomic mass is 16.5. The maximum Gasteiger partial charge on any atom is 0.214 e. The number of aromatic nitrogens is 1. The molecular formula is C22H26N4O2. The molecule has 6 heteroatoms. The molecular weight excluding hydrogens is 352 g/mol. The van der Waals surface area contributed by atoms with E-state index in [2.05, 4.69) is 20.6 Å². The van der Waals surface area contributed by atoms with Crippen LogP contribution in [0.5, 0.6) is 11.5 Å². The van der Waals surface area contributed by atoms with E-state index in [0.717, 1.165) is 35.1 Å². The van der Waals surface area contributed by atoms with Gasteiger partial charge in [0.2, 0.25) is 5.89 Å². The third-order valence-electron chi connectivity index (χ3n) is 4.18. The van der Waals surface area contributed by atoms with Crippen LogP contribution in [0.1, 0.15) is 29.8 Å². The first-order valence-corrected chi connectivity index (χ1v) is 9.41. The Balaban J connectivity index is 1.68. The molecule has 0 spiro atoms. The normalized spacial score (nSPS) is 11.3. The van der Waals surface area contributed by atoms with Crippen LogP contribution in [0.3, 0.4) is 0 Å². The largest absolute Gasteiger partial charge is 0.457 e. The lowest BCUT2D eigenvalue weighted by Crippen LogP contribution is -2.36. The zero-order valence-electron chi connectivity index (χ0n) is 16.5. The van der Waals surface area contributed by atoms with Crippen LogP contribution in [-0.4, -0.2) is 17.5 Å². The topological polar surface area (TPSA) is 71.7 Å². The number of rotatable bonds is 7. The average molecular weight is 378 g/mol. The fourth-order valence-electron chi connectivity index (χ4n) is 2.63. The van der Waals surface area contributed by atoms with E-state index < -0.39 is 0 Å². The number of ether oxygens (including phenoxy) is 1. The quantitative estimate of drug-likeness (QED) is 0.473. The van der Waals surface area contributed by atoms with Crippen LogP contribution in [0.15, 0.2) is 64.0 Å². The van der Waals surface area contributed by atoms with Crippen molar-refractivity contribution >= 4 is 5.96 Å². The summed E-state index contributed by atoms with van der Waals surface area (Å²) in [7, 11) is 0. The van der Waals surface area contributed by atoms with Crippen molar-refractivity contribution in [1.29, 1.82) is 0 Å². The first kappa shape index (κ1) is 19.5. The molecule has 2 aromatic carbocycles. The lowest BCUT2D eigenvalue weighted by molar-refractivity contribution is 0.463. The van der Waals surface area contributed by atoms with Crippen molar-refractivity contribution in [1.82, 2.24) is 15.6 Å². The molecule has 28 heavy (non-hydrogen) atoms. The van der Waals surface area contributed by atoms with Crippen LogP contribution in [0.4, 0.5) is 0 Å². The number of hydrogen-bond donors (Lipinski definition) is 2. The summed E-state index contributed by atoms with van der Waals surface area (Å²) in [4.78, 5) is 9.06. The Morgan fingerprint density at radius 1 is 1.04 bits per heavy atom. The summed E-state index contributed by atoms with van der Waals surface area (Å²) >= 11 is 0. The van der Waals surface area contributed by atoms with Gasteiger partial charge in [0.15, 0.2) is 5.96 Å². The molecule has 1 aromatic heterocycles. The van der Waals surface area contributed by atoms with Gasteiger partial charge in [0.1, 0.15) is 17.3 Å². The van der Waals surface area contributed by atoms with E-state index in [4.69, 9.17) is 9.15 Å². The van der Waals surface area contributed by atoms with Gasteiger partial charge in [-0.1, -0.05) is 36.4 Å². The number of aliphatic imine (C=N–C) groups is 1. The third kappa shape index (κ3) is 5.36. The second-order valence-corrected chi connectivity index (χ2v) is 6.32. The summed E-state index contributed by atoms with van der Waals surface area (Å²) in [5.74, 6) is 3.79. The van der Waals surface area contributed by atoms with E-state index in [1.807, 2.05) is 75.4 Å². The molecule has 0 atom stereocenters. The lowest BCUT2D eigenvalue weighted by Gasteiger charge is -2.12. The molecule has 0 saturated carbocycles. The molecule has 0 amide bonds. The van der Waals surface area contributed by atoms with Crippen molar-refractivity contribution in [3.8, 4) is 11.5 Å². The molecule has 0 aliphatic heterocycles. The number of nitrogens with zero attached hydrogens (tertiary/aromatic N) is 2. The van der Waals surface area contributed by atoms with Gasteiger partial charge in [-0.3, -0.25) is 0 Å². The Morgan fingerprint density at radius 2 is 1.79 bits per heavy atom. The fourth-order valence-corrected chi connectivity index (χ4v) is 2.63. The number of aryl methyl sites for hydroxylation is 2. The minimum Gasteiger partial charge on any atom is -0.457 e. The van der Waals surface area contributed by atoms with E-state index in [1.54, 1.807) is 0 Å². The maximum absolute atomic E-state index is 6.01. The predicted octanol–water partition coefficient (Wildman–Crippen LogP) is 4.34. The van der Waals surface area contributed by atoms with E-state index in [1.165, 1.54) is 0 Å². The standard InChI is InChI=1S/C22H26N4O2/c1-4-23-22(25-15-21-26-16(2)17(3)27-21)24-14-18-10-8-9-13-20(18)28-19-11-6-5-7-12-19/h5-13H,4,14-15H2,1-3H3,(H2,23,24,25). The van der Waals surface area contributed by atoms with Crippen molar-refractivity contribution in [3.05, 3.63) is 77.5 Å². The Kier molecular flexibility index (Phi) is 6.68. The summed E-state index contributed by atoms with van der Waals surface area (Å²) in [6, 6.07) is 17.7. The van der Waals surface area contributed by atoms with Crippen molar-refractivity contribution < 1.29 is 9.15 Å². The maximum atomic E-state index is 6.01. The fraction of sp³-hybridized carbons (Fsp3) is 0.273. The van der Waals surface area contributed by atoms with Crippen LogP contribution in [-0.2, 0) is 13.1 Å². The number of hydrogen-bond acceptors (Lipinski definition) is 4. The lowest BCUT2D eigenvalue weighted by atomic mass is 10.2. The van der Waals surface area contributed by atoms with E-state index in [-0.39, 0.29) is 0 Å². The molecule has 0 aliphatic rings. The molecule has 146 valence electrons. The minimum absolute atomic E-state index is 0.475. The Bertz CT molecular complexity index is 900. The van der Waals surface area contributed by atoms with Gasteiger partial charge in [0.25, 0.3) is 0 Å². The van der Waals surface area contributed by atoms with Crippen LogP contribution < -0.4 is 15.4 Å². The van der Waals surface area contributed by atoms with Gasteiger partial charge in [0, 0.05) is 12.1 Å². The van der Waals surface area contributed by atoms with Crippen LogP contribution >= 0.6 is 0 Å². The molecule has 1 heterocycles. The Morgan fingerprint density at radius 3 is 2.50 bits per heavy atom. The van der Waals surface area contributed by atoms with E-state index >= 15 is 0 Å². The predicted molar refractivity (Wildman–Crippen MR) is 111 cm³/mol. The van der Waals surface area contributed by atoms with Crippen molar-refractivity contribution in [2.75, 3.05) is 6.54 Å². The van der Waals surface area contributed by atoms with Gasteiger partial charge < -0.3 is 19.8 Å². The molecule has 3 rings (SSSR count). The number of nitrogens with one attached hydrogen (secondary N) is 2. The molecule has 2 N–H and O–H groups in total. The van der Waals surface area contributed by atoms with Crippen LogP contribution in [0.2, 0.25) is 0 Å². The van der Waals surface area contributed by atoms with Gasteiger partial charge in [-0.2, -0.15) is 0 Å². The van der Waals surface area contributed by atoms with Crippen molar-refractivity contribution in [3.63, 3.8) is 0 Å². The Labute approximate surface area is 165 Å². The Hall–Kier alpha value is -3.28. The summed E-state index contributed by atoms with van der Waals surface area (Å²) in [6.45, 7) is 7.60. The summed E-state index contributed by atoms with van der Waals surface area (Å²) < 4.78 is 11.6. The second-order valence-electron chi connectivity index (χ2n) is 6.32. The molecule has 0 saturated heterocycles. The number of benzene rings is 2. The van der Waals surface area contributed by atoms with Gasteiger partial charge in [0.05, 0.1) is 18.8 Å². The van der Waals surface area contributed by atoms with Crippen LogP contribution in [0.25, 0.3) is 0 Å². The molecule has 6 nitrogen and oxygen atoms in total. The number of guanidine groups is 1. The van der Waals surface area contributed by atoms with E-state index in [0.29, 0.717) is 24.9 Å². The van der Waals surface area contributed by atoms with Gasteiger partial charge >= 0.3 is 0 Å². The molecule has 3 aromatic rings. The second kappa shape index (κ2) is 9.60. The SMILES string of the molecule is CCNC(=NCc1ccccc1Oc1ccccc1)NCc1nc(C)c(C)o1. The number of para-hydroxylation sites is 2. The van der Waals surface area contributed by atoms with Gasteiger partial charge in [-0.25, -0.2) is 9.98 Å². The van der Waals surface area contributed by atoms with Crippen molar-refractivity contribution in [2.45, 2.75) is 33.9 Å². The molecule has 0 radical (unpaired) electrons. The molecule has 0 unspecified atom stereocenters. The molecule has 0 bridgehead atoms. The summed E-state index contributed by atoms with van der Waals surface area (Å²) in [5.41, 5.74) is 1.91.